The van der Waals surface area contributed by atoms with Crippen LogP contribution < -0.4 is 14.2 Å². The van der Waals surface area contributed by atoms with Crippen LogP contribution in [-0.4, -0.2) is 37.1 Å². The van der Waals surface area contributed by atoms with Crippen LogP contribution in [0.25, 0.3) is 21.9 Å². The smallest absolute Gasteiger partial charge is 0.236 e. The van der Waals surface area contributed by atoms with Gasteiger partial charge in [0.05, 0.1) is 28.4 Å². The van der Waals surface area contributed by atoms with Crippen molar-refractivity contribution in [1.82, 2.24) is 9.97 Å². The third-order valence-corrected chi connectivity index (χ3v) is 6.02. The molecule has 4 aromatic rings. The lowest BCUT2D eigenvalue weighted by Crippen LogP contribution is -2.13. The van der Waals surface area contributed by atoms with Gasteiger partial charge in [0.1, 0.15) is 25.0 Å². The van der Waals surface area contributed by atoms with Crippen LogP contribution in [0.15, 0.2) is 60.8 Å². The topological polar surface area (TPSA) is 114 Å². The molecule has 1 N–H and O–H groups in total. The molecule has 0 bridgehead atoms. The molecule has 4 rings (SSSR count). The first-order chi connectivity index (χ1) is 18.3. The predicted molar refractivity (Wildman–Crippen MR) is 152 cm³/mol. The summed E-state index contributed by atoms with van der Waals surface area (Å²) in [4.78, 5) is 8.05. The Balaban J connectivity index is 0.00000195. The van der Waals surface area contributed by atoms with Crippen LogP contribution in [0, 0.1) is 11.3 Å². The molecule has 38 heavy (non-hydrogen) atoms. The molecule has 8 nitrogen and oxygen atoms in total. The number of aromatic nitrogens is 2. The van der Waals surface area contributed by atoms with E-state index in [0.29, 0.717) is 27.8 Å². The summed E-state index contributed by atoms with van der Waals surface area (Å²) >= 11 is 12.1. The molecule has 0 fully saturated rings. The summed E-state index contributed by atoms with van der Waals surface area (Å²) in [6.45, 7) is 4.37. The van der Waals surface area contributed by atoms with E-state index in [0.717, 1.165) is 28.2 Å². The number of nitrogens with one attached hydrogen (secondary N) is 1. The molecule has 198 valence electrons. The third kappa shape index (κ3) is 7.48. The Morgan fingerprint density at radius 3 is 2.58 bits per heavy atom. The lowest BCUT2D eigenvalue weighted by atomic mass is 9.96. The van der Waals surface area contributed by atoms with Crippen LogP contribution in [0.4, 0.5) is 5.95 Å². The van der Waals surface area contributed by atoms with Gasteiger partial charge in [-0.2, -0.15) is 5.26 Å². The van der Waals surface area contributed by atoms with Crippen molar-refractivity contribution in [3.05, 3.63) is 77.1 Å². The predicted octanol–water partition coefficient (Wildman–Crippen LogP) is 6.42. The van der Waals surface area contributed by atoms with Gasteiger partial charge >= 0.3 is 0 Å². The van der Waals surface area contributed by atoms with Crippen LogP contribution in [0.3, 0.4) is 0 Å². The lowest BCUT2D eigenvalue weighted by Gasteiger charge is -2.13. The van der Waals surface area contributed by atoms with Gasteiger partial charge in [-0.3, -0.25) is 4.72 Å². The average Bonchev–Trinajstić information content (AvgIpc) is 2.90. The molecule has 0 aliphatic heterocycles. The average molecular weight is 574 g/mol. The lowest BCUT2D eigenvalue weighted by molar-refractivity contribution is 0.301. The van der Waals surface area contributed by atoms with E-state index in [4.69, 9.17) is 32.7 Å². The number of alkyl halides is 1. The highest BCUT2D eigenvalue weighted by Crippen LogP contribution is 2.37. The van der Waals surface area contributed by atoms with Crippen molar-refractivity contribution in [1.29, 1.82) is 5.26 Å². The van der Waals surface area contributed by atoms with E-state index in [2.05, 4.69) is 20.8 Å². The van der Waals surface area contributed by atoms with Gasteiger partial charge in [0.25, 0.3) is 0 Å². The maximum atomic E-state index is 11.4. The summed E-state index contributed by atoms with van der Waals surface area (Å²) in [5.74, 6) is 1.19. The number of sulfonamides is 1. The van der Waals surface area contributed by atoms with Crippen molar-refractivity contribution < 1.29 is 17.9 Å². The maximum absolute atomic E-state index is 11.4. The second-order valence-corrected chi connectivity index (χ2v) is 10.2. The molecule has 0 aliphatic rings. The molecule has 0 atom stereocenters. The van der Waals surface area contributed by atoms with E-state index in [1.54, 1.807) is 18.2 Å². The fourth-order valence-corrected chi connectivity index (χ4v) is 4.35. The zero-order chi connectivity index (χ0) is 27.7. The van der Waals surface area contributed by atoms with Crippen molar-refractivity contribution >= 4 is 49.9 Å². The number of fused-ring (bicyclic) bond motifs is 1. The van der Waals surface area contributed by atoms with Gasteiger partial charge in [0.15, 0.2) is 5.75 Å². The number of hydrogen-bond donors (Lipinski definition) is 1. The number of rotatable bonds is 9. The fourth-order valence-electron chi connectivity index (χ4n) is 3.57. The van der Waals surface area contributed by atoms with Crippen molar-refractivity contribution in [2.45, 2.75) is 20.5 Å². The zero-order valence-corrected chi connectivity index (χ0v) is 23.4. The SMILES string of the molecule is CC.CS(=O)(=O)Nc1nccc(COc2ccc3c(-c4cc(Cl)c(OCCCl)c(C#N)c4)cccc3c2)n1. The van der Waals surface area contributed by atoms with Gasteiger partial charge < -0.3 is 9.47 Å². The monoisotopic (exact) mass is 572 g/mol. The first-order valence-electron chi connectivity index (χ1n) is 11.7. The number of halogens is 2. The minimum absolute atomic E-state index is 0.0174. The van der Waals surface area contributed by atoms with E-state index in [9.17, 15) is 13.7 Å². The Morgan fingerprint density at radius 1 is 1.08 bits per heavy atom. The second kappa shape index (κ2) is 13.3. The minimum Gasteiger partial charge on any atom is -0.489 e. The van der Waals surface area contributed by atoms with Crippen LogP contribution in [0.2, 0.25) is 5.02 Å². The molecular weight excluding hydrogens is 547 g/mol. The number of anilines is 1. The van der Waals surface area contributed by atoms with Crippen LogP contribution in [-0.2, 0) is 16.6 Å². The summed E-state index contributed by atoms with van der Waals surface area (Å²) in [6, 6.07) is 18.7. The Bertz CT molecular complexity index is 1570. The zero-order valence-electron chi connectivity index (χ0n) is 21.0. The number of hydrogen-bond acceptors (Lipinski definition) is 7. The van der Waals surface area contributed by atoms with Crippen molar-refractivity contribution in [2.75, 3.05) is 23.5 Å². The highest BCUT2D eigenvalue weighted by molar-refractivity contribution is 7.91. The minimum atomic E-state index is -3.48. The van der Waals surface area contributed by atoms with E-state index < -0.39 is 10.0 Å². The van der Waals surface area contributed by atoms with E-state index in [-0.39, 0.29) is 25.0 Å². The van der Waals surface area contributed by atoms with E-state index in [1.807, 2.05) is 50.2 Å². The molecule has 0 amide bonds. The molecular formula is C27H26Cl2N4O4S. The third-order valence-electron chi connectivity index (χ3n) is 5.03. The summed E-state index contributed by atoms with van der Waals surface area (Å²) in [5.41, 5.74) is 2.52. The Morgan fingerprint density at radius 2 is 1.87 bits per heavy atom. The summed E-state index contributed by atoms with van der Waals surface area (Å²) in [5, 5.41) is 11.8. The van der Waals surface area contributed by atoms with E-state index >= 15 is 0 Å². The van der Waals surface area contributed by atoms with E-state index in [1.165, 1.54) is 6.20 Å². The molecule has 0 spiro atoms. The number of nitrogens with zero attached hydrogens (tertiary/aromatic N) is 3. The van der Waals surface area contributed by atoms with Crippen LogP contribution >= 0.6 is 23.2 Å². The molecule has 11 heteroatoms. The van der Waals surface area contributed by atoms with Gasteiger partial charge in [-0.1, -0.05) is 49.7 Å². The summed E-state index contributed by atoms with van der Waals surface area (Å²) < 4.78 is 36.5. The standard InChI is InChI=1S/C25H20Cl2N4O4S.C2H6/c1-36(32,33)31-25-29-9-7-19(30-25)15-35-20-5-6-22-16(12-20)3-2-4-21(22)17-11-18(14-28)24(23(27)13-17)34-10-8-26;1-2/h2-7,9,11-13H,8,10,15H2,1H3,(H,29,30,31);1-2H3. The van der Waals surface area contributed by atoms with Crippen LogP contribution in [0.1, 0.15) is 25.1 Å². The fraction of sp³-hybridized carbons (Fsp3) is 0.222. The Kier molecular flexibility index (Phi) is 10.1. The quantitative estimate of drug-likeness (QED) is 0.230. The molecule has 1 heterocycles. The van der Waals surface area contributed by atoms with Gasteiger partial charge in [0.2, 0.25) is 16.0 Å². The van der Waals surface area contributed by atoms with Gasteiger partial charge in [-0.15, -0.1) is 11.6 Å². The Hall–Kier alpha value is -3.58. The van der Waals surface area contributed by atoms with Crippen molar-refractivity contribution in [3.8, 4) is 28.7 Å². The number of nitriles is 1. The van der Waals surface area contributed by atoms with Crippen molar-refractivity contribution in [3.63, 3.8) is 0 Å². The first kappa shape index (κ1) is 29.0. The largest absolute Gasteiger partial charge is 0.489 e. The molecule has 0 radical (unpaired) electrons. The molecule has 1 aromatic heterocycles. The molecule has 0 saturated carbocycles. The summed E-state index contributed by atoms with van der Waals surface area (Å²) in [7, 11) is -3.48. The van der Waals surface area contributed by atoms with Crippen LogP contribution in [0.5, 0.6) is 11.5 Å². The Labute approximate surface area is 232 Å². The summed E-state index contributed by atoms with van der Waals surface area (Å²) in [6.07, 6.45) is 2.49. The second-order valence-electron chi connectivity index (χ2n) is 7.71. The molecule has 0 aliphatic carbocycles. The first-order valence-corrected chi connectivity index (χ1v) is 14.5. The normalized spacial score (nSPS) is 10.7. The number of ether oxygens (including phenoxy) is 2. The number of benzene rings is 3. The van der Waals surface area contributed by atoms with Gasteiger partial charge in [-0.05, 0) is 52.2 Å². The van der Waals surface area contributed by atoms with Gasteiger partial charge in [-0.25, -0.2) is 18.4 Å². The van der Waals surface area contributed by atoms with Gasteiger partial charge in [0, 0.05) is 6.20 Å². The molecule has 0 saturated heterocycles. The highest BCUT2D eigenvalue weighted by atomic mass is 35.5. The highest BCUT2D eigenvalue weighted by Gasteiger charge is 2.14. The van der Waals surface area contributed by atoms with Crippen molar-refractivity contribution in [2.24, 2.45) is 0 Å². The maximum Gasteiger partial charge on any atom is 0.236 e. The molecule has 3 aromatic carbocycles. The molecule has 0 unspecified atom stereocenters.